The van der Waals surface area contributed by atoms with E-state index in [2.05, 4.69) is 261 Å². The number of hydrogen-bond donors (Lipinski definition) is 0. The molecule has 0 fully saturated rings. The lowest BCUT2D eigenvalue weighted by molar-refractivity contribution is 0.590. The van der Waals surface area contributed by atoms with Crippen molar-refractivity contribution in [3.8, 4) is 11.4 Å². The molecule has 73 heavy (non-hydrogen) atoms. The zero-order valence-corrected chi connectivity index (χ0v) is 44.6. The van der Waals surface area contributed by atoms with Crippen molar-refractivity contribution in [3.05, 3.63) is 208 Å². The van der Waals surface area contributed by atoms with E-state index in [-0.39, 0.29) is 24.3 Å². The quantitative estimate of drug-likeness (QED) is 0.160. The van der Waals surface area contributed by atoms with Crippen molar-refractivity contribution in [2.24, 2.45) is 0 Å². The lowest BCUT2D eigenvalue weighted by Gasteiger charge is -2.45. The first-order valence-corrected chi connectivity index (χ1v) is 26.4. The highest BCUT2D eigenvalue weighted by Gasteiger charge is 2.46. The normalized spacial score (nSPS) is 13.4. The lowest BCUT2D eigenvalue weighted by Crippen LogP contribution is -2.66. The number of nitrogens with zero attached hydrogens (tertiary/aromatic N) is 3. The Labute approximate surface area is 432 Å². The van der Waals surface area contributed by atoms with Gasteiger partial charge in [-0.3, -0.25) is 0 Å². The fourth-order valence-electron chi connectivity index (χ4n) is 13.7. The number of anilines is 3. The second kappa shape index (κ2) is 16.0. The molecule has 2 aliphatic heterocycles. The van der Waals surface area contributed by atoms with E-state index in [0.717, 1.165) is 0 Å². The van der Waals surface area contributed by atoms with E-state index in [1.165, 1.54) is 149 Å². The summed E-state index contributed by atoms with van der Waals surface area (Å²) in [5.41, 5.74) is 29.8. The molecule has 0 saturated heterocycles. The molecule has 0 bridgehead atoms. The minimum Gasteiger partial charge on any atom is -0.313 e. The first kappa shape index (κ1) is 45.4. The Kier molecular flexibility index (Phi) is 9.95. The maximum Gasteiger partial charge on any atom is 0.247 e. The summed E-state index contributed by atoms with van der Waals surface area (Å²) in [6.45, 7) is 28.0. The van der Waals surface area contributed by atoms with Crippen LogP contribution < -0.4 is 37.7 Å². The number of aryl methyl sites for hydroxylation is 6. The van der Waals surface area contributed by atoms with E-state index >= 15 is 0 Å². The monoisotopic (exact) mass is 944 g/mol. The Morgan fingerprint density at radius 1 is 0.356 bits per heavy atom. The molecule has 13 rings (SSSR count). The van der Waals surface area contributed by atoms with E-state index in [1.807, 2.05) is 0 Å². The summed E-state index contributed by atoms with van der Waals surface area (Å²) < 4.78 is 5.15. The van der Waals surface area contributed by atoms with Crippen LogP contribution in [0, 0.1) is 41.5 Å². The smallest absolute Gasteiger partial charge is 0.247 e. The van der Waals surface area contributed by atoms with Crippen LogP contribution in [0.5, 0.6) is 0 Å². The average Bonchev–Trinajstić information content (AvgIpc) is 3.87. The van der Waals surface area contributed by atoms with E-state index in [4.69, 9.17) is 0 Å². The van der Waals surface area contributed by atoms with Crippen LogP contribution in [0.2, 0.25) is 0 Å². The first-order chi connectivity index (χ1) is 35.0. The Bertz CT molecular complexity index is 3900. The molecule has 0 N–H and O–H groups in total. The Balaban J connectivity index is 1.24. The SMILES string of the molecule is Cc1cc(C)c(B2c3cc(C(C)(C)C)ccc3N3c4ccc(C(C)(C)C)cc4B(c4c(C)cc(C)cc4C)c4cc(-n5c6ccccc6c6cccc(-n7c8ccccc8c8ccccc87)c65)cc2c43)c(C)c1. The van der Waals surface area contributed by atoms with Gasteiger partial charge in [-0.2, -0.15) is 0 Å². The predicted molar refractivity (Wildman–Crippen MR) is 318 cm³/mol. The molecule has 4 heterocycles. The molecule has 3 nitrogen and oxygen atoms in total. The number of fused-ring (bicyclic) bond motifs is 10. The molecule has 5 heteroatoms. The van der Waals surface area contributed by atoms with Crippen molar-refractivity contribution in [1.29, 1.82) is 0 Å². The summed E-state index contributed by atoms with van der Waals surface area (Å²) in [6, 6.07) is 63.6. The fourth-order valence-corrected chi connectivity index (χ4v) is 13.7. The molecule has 0 atom stereocenters. The second-order valence-electron chi connectivity index (χ2n) is 23.7. The van der Waals surface area contributed by atoms with Gasteiger partial charge in [-0.05, 0) is 134 Å². The molecule has 0 unspecified atom stereocenters. The second-order valence-corrected chi connectivity index (χ2v) is 23.7. The third kappa shape index (κ3) is 6.73. The van der Waals surface area contributed by atoms with Gasteiger partial charge in [0.1, 0.15) is 0 Å². The number of hydrogen-bond acceptors (Lipinski definition) is 1. The number of aromatic nitrogens is 2. The average molecular weight is 944 g/mol. The fraction of sp³-hybridized carbons (Fsp3) is 0.206. The summed E-state index contributed by atoms with van der Waals surface area (Å²) in [4.78, 5) is 2.68. The van der Waals surface area contributed by atoms with Gasteiger partial charge in [0.15, 0.2) is 0 Å². The topological polar surface area (TPSA) is 13.1 Å². The Hall–Kier alpha value is -7.49. The van der Waals surface area contributed by atoms with Crippen LogP contribution in [0.15, 0.2) is 164 Å². The van der Waals surface area contributed by atoms with Gasteiger partial charge >= 0.3 is 0 Å². The van der Waals surface area contributed by atoms with Crippen LogP contribution in [-0.4, -0.2) is 22.6 Å². The minimum atomic E-state index is -0.0522. The molecular weight excluding hydrogens is 880 g/mol. The first-order valence-electron chi connectivity index (χ1n) is 26.4. The van der Waals surface area contributed by atoms with Crippen molar-refractivity contribution in [3.63, 3.8) is 0 Å². The summed E-state index contributed by atoms with van der Waals surface area (Å²) in [5.74, 6) is 0. The molecule has 0 amide bonds. The van der Waals surface area contributed by atoms with Crippen molar-refractivity contribution in [2.75, 3.05) is 4.90 Å². The summed E-state index contributed by atoms with van der Waals surface area (Å²) >= 11 is 0. The predicted octanol–water partition coefficient (Wildman–Crippen LogP) is 13.5. The van der Waals surface area contributed by atoms with Crippen molar-refractivity contribution >= 4 is 107 Å². The molecule has 2 aromatic heterocycles. The zero-order chi connectivity index (χ0) is 50.6. The van der Waals surface area contributed by atoms with Gasteiger partial charge in [0, 0.05) is 44.3 Å². The van der Waals surface area contributed by atoms with Gasteiger partial charge in [0.05, 0.1) is 27.8 Å². The number of para-hydroxylation sites is 4. The third-order valence-corrected chi connectivity index (χ3v) is 16.7. The molecular formula is C68H63B2N3. The number of rotatable bonds is 4. The zero-order valence-electron chi connectivity index (χ0n) is 44.6. The van der Waals surface area contributed by atoms with E-state index in [9.17, 15) is 0 Å². The number of benzene rings is 9. The van der Waals surface area contributed by atoms with Gasteiger partial charge in [0.2, 0.25) is 13.4 Å². The van der Waals surface area contributed by atoms with Gasteiger partial charge in [-0.1, -0.05) is 201 Å². The van der Waals surface area contributed by atoms with Crippen LogP contribution >= 0.6 is 0 Å². The summed E-state index contributed by atoms with van der Waals surface area (Å²) in [7, 11) is 0. The van der Waals surface area contributed by atoms with Crippen molar-refractivity contribution in [2.45, 2.75) is 93.9 Å². The maximum atomic E-state index is 2.68. The van der Waals surface area contributed by atoms with Crippen LogP contribution in [0.4, 0.5) is 17.1 Å². The van der Waals surface area contributed by atoms with Gasteiger partial charge in [0.25, 0.3) is 0 Å². The molecule has 9 aromatic carbocycles. The highest BCUT2D eigenvalue weighted by Crippen LogP contribution is 2.43. The Morgan fingerprint density at radius 3 is 1.19 bits per heavy atom. The minimum absolute atomic E-state index is 0.0380. The van der Waals surface area contributed by atoms with Crippen LogP contribution in [-0.2, 0) is 10.8 Å². The van der Waals surface area contributed by atoms with Crippen LogP contribution in [0.1, 0.15) is 86.1 Å². The molecule has 0 aliphatic carbocycles. The van der Waals surface area contributed by atoms with E-state index in [1.54, 1.807) is 0 Å². The van der Waals surface area contributed by atoms with E-state index in [0.29, 0.717) is 0 Å². The molecule has 356 valence electrons. The van der Waals surface area contributed by atoms with E-state index < -0.39 is 0 Å². The highest BCUT2D eigenvalue weighted by atomic mass is 15.2. The standard InChI is InChI=1S/C68H63B2N3/c1-40-32-42(3)63(43(4)33-40)69-53-36-46(67(7,8)9)28-30-60(53)73-61-31-29-47(68(10,11)12)37-54(61)70(64-44(5)34-41(2)35-45(64)6)56-39-48(38-55(69)66(56)73)71-57-24-16-15-22-51(57)52-23-19-27-62(65(52)71)72-58-25-17-13-20-49(58)50-21-14-18-26-59(50)72/h13-39H,1-12H3. The Morgan fingerprint density at radius 2 is 0.753 bits per heavy atom. The van der Waals surface area contributed by atoms with Gasteiger partial charge in [-0.15, -0.1) is 0 Å². The van der Waals surface area contributed by atoms with Crippen LogP contribution in [0.25, 0.3) is 55.0 Å². The molecule has 0 saturated carbocycles. The molecule has 11 aromatic rings. The van der Waals surface area contributed by atoms with Gasteiger partial charge in [-0.25, -0.2) is 0 Å². The molecule has 2 aliphatic rings. The van der Waals surface area contributed by atoms with Crippen LogP contribution in [0.3, 0.4) is 0 Å². The molecule has 0 radical (unpaired) electrons. The third-order valence-electron chi connectivity index (χ3n) is 16.7. The molecule has 0 spiro atoms. The largest absolute Gasteiger partial charge is 0.313 e. The highest BCUT2D eigenvalue weighted by molar-refractivity contribution is 7.02. The van der Waals surface area contributed by atoms with Crippen molar-refractivity contribution < 1.29 is 0 Å². The maximum absolute atomic E-state index is 2.68. The lowest BCUT2D eigenvalue weighted by atomic mass is 9.29. The van der Waals surface area contributed by atoms with Gasteiger partial charge < -0.3 is 14.0 Å². The van der Waals surface area contributed by atoms with Crippen molar-refractivity contribution in [1.82, 2.24) is 9.13 Å². The summed E-state index contributed by atoms with van der Waals surface area (Å²) in [5, 5.41) is 5.01. The summed E-state index contributed by atoms with van der Waals surface area (Å²) in [6.07, 6.45) is 0.